The van der Waals surface area contributed by atoms with Crippen molar-refractivity contribution in [3.8, 4) is 5.75 Å². The van der Waals surface area contributed by atoms with Gasteiger partial charge in [0.25, 0.3) is 0 Å². The molecule has 0 saturated carbocycles. The highest BCUT2D eigenvalue weighted by molar-refractivity contribution is 9.08. The molecule has 2 nitrogen and oxygen atoms in total. The SMILES string of the molecule is Cc1cc(CBr)cc(C)c1OCCCC1CCCO1. The lowest BCUT2D eigenvalue weighted by atomic mass is 10.1. The maximum absolute atomic E-state index is 5.96. The van der Waals surface area contributed by atoms with E-state index in [0.717, 1.165) is 37.1 Å². The van der Waals surface area contributed by atoms with Crippen LogP contribution in [-0.4, -0.2) is 19.3 Å². The van der Waals surface area contributed by atoms with E-state index < -0.39 is 0 Å². The van der Waals surface area contributed by atoms with Crippen molar-refractivity contribution < 1.29 is 9.47 Å². The molecule has 0 N–H and O–H groups in total. The molecule has 0 bridgehead atoms. The lowest BCUT2D eigenvalue weighted by molar-refractivity contribution is 0.0980. The van der Waals surface area contributed by atoms with Crippen molar-refractivity contribution in [3.05, 3.63) is 28.8 Å². The van der Waals surface area contributed by atoms with Crippen LogP contribution in [0.5, 0.6) is 5.75 Å². The summed E-state index contributed by atoms with van der Waals surface area (Å²) in [4.78, 5) is 0. The van der Waals surface area contributed by atoms with Crippen LogP contribution in [0, 0.1) is 13.8 Å². The first-order valence-electron chi connectivity index (χ1n) is 7.11. The number of halogens is 1. The molecule has 0 amide bonds. The Hall–Kier alpha value is -0.540. The van der Waals surface area contributed by atoms with Crippen LogP contribution in [0.4, 0.5) is 0 Å². The molecule has 1 aliphatic heterocycles. The molecule has 1 atom stereocenters. The van der Waals surface area contributed by atoms with Crippen LogP contribution in [0.15, 0.2) is 12.1 Å². The smallest absolute Gasteiger partial charge is 0.125 e. The van der Waals surface area contributed by atoms with Crippen LogP contribution in [-0.2, 0) is 10.1 Å². The van der Waals surface area contributed by atoms with Crippen LogP contribution < -0.4 is 4.74 Å². The zero-order valence-electron chi connectivity index (χ0n) is 11.9. The van der Waals surface area contributed by atoms with Gasteiger partial charge in [0.15, 0.2) is 0 Å². The van der Waals surface area contributed by atoms with E-state index in [1.165, 1.54) is 29.5 Å². The van der Waals surface area contributed by atoms with Gasteiger partial charge >= 0.3 is 0 Å². The minimum atomic E-state index is 0.474. The maximum atomic E-state index is 5.96. The van der Waals surface area contributed by atoms with E-state index in [0.29, 0.717) is 6.10 Å². The molecule has 1 fully saturated rings. The summed E-state index contributed by atoms with van der Waals surface area (Å²) < 4.78 is 11.6. The third-order valence-electron chi connectivity index (χ3n) is 3.62. The van der Waals surface area contributed by atoms with Crippen LogP contribution >= 0.6 is 15.9 Å². The first-order chi connectivity index (χ1) is 9.20. The number of hydrogen-bond donors (Lipinski definition) is 0. The summed E-state index contributed by atoms with van der Waals surface area (Å²) in [5, 5.41) is 0.897. The molecule has 0 aromatic heterocycles. The molecule has 0 spiro atoms. The normalized spacial score (nSPS) is 18.8. The van der Waals surface area contributed by atoms with Gasteiger partial charge < -0.3 is 9.47 Å². The topological polar surface area (TPSA) is 18.5 Å². The predicted molar refractivity (Wildman–Crippen MR) is 82.3 cm³/mol. The van der Waals surface area contributed by atoms with Gasteiger partial charge in [0.2, 0.25) is 0 Å². The summed E-state index contributed by atoms with van der Waals surface area (Å²) >= 11 is 3.50. The molecular formula is C16H23BrO2. The highest BCUT2D eigenvalue weighted by Crippen LogP contribution is 2.26. The van der Waals surface area contributed by atoms with E-state index in [4.69, 9.17) is 9.47 Å². The molecule has 106 valence electrons. The molecule has 1 aliphatic rings. The molecule has 1 heterocycles. The molecule has 3 heteroatoms. The Morgan fingerprint density at radius 3 is 2.63 bits per heavy atom. The van der Waals surface area contributed by atoms with Crippen molar-refractivity contribution in [2.45, 2.75) is 51.0 Å². The number of aryl methyl sites for hydroxylation is 2. The highest BCUT2D eigenvalue weighted by Gasteiger charge is 2.14. The predicted octanol–water partition coefficient (Wildman–Crippen LogP) is 4.54. The van der Waals surface area contributed by atoms with E-state index >= 15 is 0 Å². The Kier molecular flexibility index (Phi) is 5.71. The number of benzene rings is 1. The fourth-order valence-corrected chi connectivity index (χ4v) is 3.03. The van der Waals surface area contributed by atoms with Crippen LogP contribution in [0.1, 0.15) is 42.4 Å². The molecular weight excluding hydrogens is 304 g/mol. The molecule has 1 unspecified atom stereocenters. The van der Waals surface area contributed by atoms with Crippen molar-refractivity contribution in [3.63, 3.8) is 0 Å². The number of ether oxygens (including phenoxy) is 2. The Balaban J connectivity index is 1.81. The summed E-state index contributed by atoms with van der Waals surface area (Å²) in [5.74, 6) is 1.05. The third-order valence-corrected chi connectivity index (χ3v) is 4.26. The quantitative estimate of drug-likeness (QED) is 0.564. The number of hydrogen-bond acceptors (Lipinski definition) is 2. The molecule has 19 heavy (non-hydrogen) atoms. The third kappa shape index (κ3) is 4.22. The second-order valence-electron chi connectivity index (χ2n) is 5.32. The molecule has 1 saturated heterocycles. The van der Waals surface area contributed by atoms with Gasteiger partial charge in [0, 0.05) is 11.9 Å². The summed E-state index contributed by atoms with van der Waals surface area (Å²) in [6.45, 7) is 5.97. The molecule has 0 aliphatic carbocycles. The lowest BCUT2D eigenvalue weighted by Crippen LogP contribution is -2.08. The summed E-state index contributed by atoms with van der Waals surface area (Å²) in [7, 11) is 0. The van der Waals surface area contributed by atoms with Gasteiger partial charge in [0.05, 0.1) is 12.7 Å². The summed E-state index contributed by atoms with van der Waals surface area (Å²) in [5.41, 5.74) is 3.76. The second kappa shape index (κ2) is 7.30. The highest BCUT2D eigenvalue weighted by atomic mass is 79.9. The molecule has 1 aromatic carbocycles. The van der Waals surface area contributed by atoms with Gasteiger partial charge in [-0.05, 0) is 56.2 Å². The molecule has 0 radical (unpaired) electrons. The minimum absolute atomic E-state index is 0.474. The molecule has 2 rings (SSSR count). The van der Waals surface area contributed by atoms with Gasteiger partial charge in [0.1, 0.15) is 5.75 Å². The molecule has 1 aromatic rings. The average Bonchev–Trinajstić information content (AvgIpc) is 2.89. The fraction of sp³-hybridized carbons (Fsp3) is 0.625. The standard InChI is InChI=1S/C16H23BrO2/c1-12-9-14(11-17)10-13(2)16(12)19-8-4-6-15-5-3-7-18-15/h9-10,15H,3-8,11H2,1-2H3. The van der Waals surface area contributed by atoms with E-state index in [2.05, 4.69) is 41.9 Å². The van der Waals surface area contributed by atoms with Gasteiger partial charge in [-0.3, -0.25) is 0 Å². The van der Waals surface area contributed by atoms with Crippen LogP contribution in [0.3, 0.4) is 0 Å². The van der Waals surface area contributed by atoms with Crippen LogP contribution in [0.2, 0.25) is 0 Å². The fourth-order valence-electron chi connectivity index (χ4n) is 2.70. The number of rotatable bonds is 6. The van der Waals surface area contributed by atoms with Crippen LogP contribution in [0.25, 0.3) is 0 Å². The van der Waals surface area contributed by atoms with Gasteiger partial charge in [-0.1, -0.05) is 28.1 Å². The summed E-state index contributed by atoms with van der Waals surface area (Å²) in [6.07, 6.45) is 5.11. The second-order valence-corrected chi connectivity index (χ2v) is 5.88. The lowest BCUT2D eigenvalue weighted by Gasteiger charge is -2.14. The van der Waals surface area contributed by atoms with Crippen molar-refractivity contribution in [2.24, 2.45) is 0 Å². The van der Waals surface area contributed by atoms with E-state index in [1.807, 2.05) is 0 Å². The monoisotopic (exact) mass is 326 g/mol. The Morgan fingerprint density at radius 1 is 1.32 bits per heavy atom. The average molecular weight is 327 g/mol. The zero-order valence-corrected chi connectivity index (χ0v) is 13.5. The van der Waals surface area contributed by atoms with E-state index in [-0.39, 0.29) is 0 Å². The van der Waals surface area contributed by atoms with Crippen molar-refractivity contribution >= 4 is 15.9 Å². The number of alkyl halides is 1. The maximum Gasteiger partial charge on any atom is 0.125 e. The van der Waals surface area contributed by atoms with Crippen molar-refractivity contribution in [1.82, 2.24) is 0 Å². The Labute approximate surface area is 124 Å². The van der Waals surface area contributed by atoms with Gasteiger partial charge in [-0.15, -0.1) is 0 Å². The van der Waals surface area contributed by atoms with Crippen molar-refractivity contribution in [2.75, 3.05) is 13.2 Å². The largest absolute Gasteiger partial charge is 0.493 e. The van der Waals surface area contributed by atoms with E-state index in [9.17, 15) is 0 Å². The zero-order chi connectivity index (χ0) is 13.7. The minimum Gasteiger partial charge on any atom is -0.493 e. The van der Waals surface area contributed by atoms with E-state index in [1.54, 1.807) is 0 Å². The Bertz CT molecular complexity index is 388. The summed E-state index contributed by atoms with van der Waals surface area (Å²) in [6, 6.07) is 4.38. The van der Waals surface area contributed by atoms with Crippen molar-refractivity contribution in [1.29, 1.82) is 0 Å². The van der Waals surface area contributed by atoms with Gasteiger partial charge in [-0.2, -0.15) is 0 Å². The first kappa shape index (κ1) is 14.9. The Morgan fingerprint density at radius 2 is 2.05 bits per heavy atom. The van der Waals surface area contributed by atoms with Gasteiger partial charge in [-0.25, -0.2) is 0 Å². The first-order valence-corrected chi connectivity index (χ1v) is 8.23.